The summed E-state index contributed by atoms with van der Waals surface area (Å²) in [5.74, 6) is -0.289. The van der Waals surface area contributed by atoms with E-state index in [1.54, 1.807) is 24.1 Å². The Hall–Kier alpha value is -2.16. The van der Waals surface area contributed by atoms with Crippen LogP contribution in [0.2, 0.25) is 0 Å². The quantitative estimate of drug-likeness (QED) is 0.802. The van der Waals surface area contributed by atoms with Crippen LogP contribution in [0, 0.1) is 11.2 Å². The van der Waals surface area contributed by atoms with Crippen LogP contribution < -0.4 is 0 Å². The monoisotopic (exact) mass is 313 g/mol. The molecular formula is C20H24FNO. The topological polar surface area (TPSA) is 20.3 Å². The fourth-order valence-corrected chi connectivity index (χ4v) is 2.58. The minimum Gasteiger partial charge on any atom is -0.337 e. The van der Waals surface area contributed by atoms with Crippen LogP contribution >= 0.6 is 0 Å². The highest BCUT2D eigenvalue weighted by molar-refractivity contribution is 5.94. The van der Waals surface area contributed by atoms with Crippen molar-refractivity contribution >= 4 is 5.91 Å². The van der Waals surface area contributed by atoms with Crippen molar-refractivity contribution in [3.8, 4) is 0 Å². The molecule has 3 heteroatoms. The van der Waals surface area contributed by atoms with Crippen molar-refractivity contribution in [2.24, 2.45) is 5.41 Å². The van der Waals surface area contributed by atoms with Gasteiger partial charge in [-0.05, 0) is 47.2 Å². The lowest BCUT2D eigenvalue weighted by Crippen LogP contribution is -2.26. The van der Waals surface area contributed by atoms with Crippen molar-refractivity contribution in [3.63, 3.8) is 0 Å². The molecule has 2 nitrogen and oxygen atoms in total. The highest BCUT2D eigenvalue weighted by Crippen LogP contribution is 2.21. The average molecular weight is 313 g/mol. The Labute approximate surface area is 137 Å². The number of rotatable bonds is 4. The van der Waals surface area contributed by atoms with Gasteiger partial charge in [-0.3, -0.25) is 4.79 Å². The van der Waals surface area contributed by atoms with Crippen LogP contribution in [0.1, 0.15) is 42.3 Å². The first-order valence-corrected chi connectivity index (χ1v) is 7.83. The van der Waals surface area contributed by atoms with E-state index in [9.17, 15) is 9.18 Å². The van der Waals surface area contributed by atoms with E-state index in [0.29, 0.717) is 12.1 Å². The molecule has 2 aromatic carbocycles. The molecule has 0 radical (unpaired) electrons. The molecular weight excluding hydrogens is 289 g/mol. The number of hydrogen-bond acceptors (Lipinski definition) is 1. The first-order chi connectivity index (χ1) is 10.7. The first kappa shape index (κ1) is 17.2. The third-order valence-corrected chi connectivity index (χ3v) is 3.59. The molecule has 0 bridgehead atoms. The average Bonchev–Trinajstić information content (AvgIpc) is 2.47. The molecule has 0 aliphatic carbocycles. The summed E-state index contributed by atoms with van der Waals surface area (Å²) in [7, 11) is 1.77. The molecule has 2 aromatic rings. The molecule has 2 rings (SSSR count). The van der Waals surface area contributed by atoms with Crippen LogP contribution in [0.5, 0.6) is 0 Å². The maximum atomic E-state index is 12.9. The zero-order chi connectivity index (χ0) is 17.0. The second kappa shape index (κ2) is 6.95. The van der Waals surface area contributed by atoms with Gasteiger partial charge in [-0.25, -0.2) is 4.39 Å². The number of benzene rings is 2. The molecule has 23 heavy (non-hydrogen) atoms. The van der Waals surface area contributed by atoms with Crippen molar-refractivity contribution < 1.29 is 9.18 Å². The van der Waals surface area contributed by atoms with Gasteiger partial charge in [0.05, 0.1) is 0 Å². The number of nitrogens with zero attached hydrogens (tertiary/aromatic N) is 1. The minimum atomic E-state index is -0.266. The Kier molecular flexibility index (Phi) is 5.19. The molecule has 0 saturated heterocycles. The molecule has 0 aliphatic heterocycles. The molecule has 0 N–H and O–H groups in total. The third kappa shape index (κ3) is 5.20. The van der Waals surface area contributed by atoms with Gasteiger partial charge in [-0.2, -0.15) is 0 Å². The standard InChI is InChI=1S/C20H24FNO/c1-20(2,3)13-16-6-5-7-17(12-16)19(23)22(4)14-15-8-10-18(21)11-9-15/h5-12H,13-14H2,1-4H3. The van der Waals surface area contributed by atoms with Gasteiger partial charge in [-0.1, -0.05) is 45.0 Å². The third-order valence-electron chi connectivity index (χ3n) is 3.59. The Morgan fingerprint density at radius 2 is 1.70 bits per heavy atom. The molecule has 0 aromatic heterocycles. The van der Waals surface area contributed by atoms with Gasteiger partial charge in [0.15, 0.2) is 0 Å². The van der Waals surface area contributed by atoms with E-state index >= 15 is 0 Å². The lowest BCUT2D eigenvalue weighted by atomic mass is 9.87. The van der Waals surface area contributed by atoms with E-state index in [1.165, 1.54) is 17.7 Å². The summed E-state index contributed by atoms with van der Waals surface area (Å²) in [5.41, 5.74) is 2.95. The van der Waals surface area contributed by atoms with Gasteiger partial charge in [0, 0.05) is 19.2 Å². The second-order valence-corrected chi connectivity index (χ2v) is 7.23. The van der Waals surface area contributed by atoms with Gasteiger partial charge in [0.2, 0.25) is 0 Å². The molecule has 0 aliphatic rings. The number of carbonyl (C=O) groups is 1. The lowest BCUT2D eigenvalue weighted by molar-refractivity contribution is 0.0785. The van der Waals surface area contributed by atoms with E-state index in [-0.39, 0.29) is 17.1 Å². The van der Waals surface area contributed by atoms with Crippen molar-refractivity contribution in [2.45, 2.75) is 33.7 Å². The molecule has 0 fully saturated rings. The minimum absolute atomic E-state index is 0.0231. The molecule has 0 atom stereocenters. The Balaban J connectivity index is 2.10. The van der Waals surface area contributed by atoms with Crippen molar-refractivity contribution in [1.29, 1.82) is 0 Å². The van der Waals surface area contributed by atoms with Gasteiger partial charge in [0.25, 0.3) is 5.91 Å². The van der Waals surface area contributed by atoms with E-state index in [1.807, 2.05) is 18.2 Å². The van der Waals surface area contributed by atoms with Crippen LogP contribution in [0.4, 0.5) is 4.39 Å². The largest absolute Gasteiger partial charge is 0.337 e. The summed E-state index contributed by atoms with van der Waals surface area (Å²) in [6.45, 7) is 7.01. The lowest BCUT2D eigenvalue weighted by Gasteiger charge is -2.20. The van der Waals surface area contributed by atoms with Crippen LogP contribution in [-0.2, 0) is 13.0 Å². The van der Waals surface area contributed by atoms with Crippen molar-refractivity contribution in [1.82, 2.24) is 4.90 Å². The predicted molar refractivity (Wildman–Crippen MR) is 91.8 cm³/mol. The summed E-state index contributed by atoms with van der Waals surface area (Å²) in [5, 5.41) is 0. The summed E-state index contributed by atoms with van der Waals surface area (Å²) < 4.78 is 12.9. The fraction of sp³-hybridized carbons (Fsp3) is 0.350. The molecule has 1 amide bonds. The van der Waals surface area contributed by atoms with E-state index in [2.05, 4.69) is 26.8 Å². The molecule has 0 spiro atoms. The molecule has 0 saturated carbocycles. The number of halogens is 1. The molecule has 0 heterocycles. The summed E-state index contributed by atoms with van der Waals surface area (Å²) in [6.07, 6.45) is 0.926. The maximum absolute atomic E-state index is 12.9. The summed E-state index contributed by atoms with van der Waals surface area (Å²) >= 11 is 0. The van der Waals surface area contributed by atoms with Crippen LogP contribution in [-0.4, -0.2) is 17.9 Å². The zero-order valence-electron chi connectivity index (χ0n) is 14.3. The Bertz CT molecular complexity index is 671. The van der Waals surface area contributed by atoms with Gasteiger partial charge in [-0.15, -0.1) is 0 Å². The van der Waals surface area contributed by atoms with E-state index in [0.717, 1.165) is 12.0 Å². The highest BCUT2D eigenvalue weighted by Gasteiger charge is 2.15. The summed E-state index contributed by atoms with van der Waals surface area (Å²) in [4.78, 5) is 14.2. The normalized spacial score (nSPS) is 11.3. The Morgan fingerprint density at radius 3 is 2.30 bits per heavy atom. The molecule has 0 unspecified atom stereocenters. The smallest absolute Gasteiger partial charge is 0.253 e. The SMILES string of the molecule is CN(Cc1ccc(F)cc1)C(=O)c1cccc(CC(C)(C)C)c1. The number of carbonyl (C=O) groups excluding carboxylic acids is 1. The van der Waals surface area contributed by atoms with Crippen LogP contribution in [0.3, 0.4) is 0 Å². The molecule has 122 valence electrons. The van der Waals surface area contributed by atoms with Crippen LogP contribution in [0.25, 0.3) is 0 Å². The zero-order valence-corrected chi connectivity index (χ0v) is 14.3. The fourth-order valence-electron chi connectivity index (χ4n) is 2.58. The number of hydrogen-bond donors (Lipinski definition) is 0. The predicted octanol–water partition coefficient (Wildman–Crippen LogP) is 4.69. The van der Waals surface area contributed by atoms with Gasteiger partial charge in [0.1, 0.15) is 5.82 Å². The highest BCUT2D eigenvalue weighted by atomic mass is 19.1. The van der Waals surface area contributed by atoms with Crippen molar-refractivity contribution in [3.05, 3.63) is 71.0 Å². The second-order valence-electron chi connectivity index (χ2n) is 7.23. The van der Waals surface area contributed by atoms with Crippen molar-refractivity contribution in [2.75, 3.05) is 7.05 Å². The van der Waals surface area contributed by atoms with E-state index in [4.69, 9.17) is 0 Å². The van der Waals surface area contributed by atoms with Gasteiger partial charge >= 0.3 is 0 Å². The first-order valence-electron chi connectivity index (χ1n) is 7.83. The van der Waals surface area contributed by atoms with Gasteiger partial charge < -0.3 is 4.90 Å². The van der Waals surface area contributed by atoms with E-state index < -0.39 is 0 Å². The maximum Gasteiger partial charge on any atom is 0.253 e. The van der Waals surface area contributed by atoms with Crippen LogP contribution in [0.15, 0.2) is 48.5 Å². The summed E-state index contributed by atoms with van der Waals surface area (Å²) in [6, 6.07) is 14.0. The Morgan fingerprint density at radius 1 is 1.04 bits per heavy atom. The number of amides is 1.